The van der Waals surface area contributed by atoms with Crippen molar-refractivity contribution in [2.45, 2.75) is 18.7 Å². The number of imidazole rings is 1. The maximum Gasteiger partial charge on any atom is 0.416 e. The summed E-state index contributed by atoms with van der Waals surface area (Å²) in [5.41, 5.74) is -1.35. The van der Waals surface area contributed by atoms with E-state index in [0.29, 0.717) is 24.5 Å². The van der Waals surface area contributed by atoms with Crippen LogP contribution in [0.25, 0.3) is 0 Å². The minimum absolute atomic E-state index is 0.368. The van der Waals surface area contributed by atoms with Crippen LogP contribution in [0.4, 0.5) is 13.2 Å². The molecule has 4 nitrogen and oxygen atoms in total. The van der Waals surface area contributed by atoms with Gasteiger partial charge in [-0.3, -0.25) is 0 Å². The third-order valence-corrected chi connectivity index (χ3v) is 3.92. The molecular weight excluding hydrogens is 319 g/mol. The lowest BCUT2D eigenvalue weighted by Crippen LogP contribution is -2.34. The van der Waals surface area contributed by atoms with E-state index in [-0.39, 0.29) is 0 Å². The molecule has 1 heterocycles. The summed E-state index contributed by atoms with van der Waals surface area (Å²) < 4.78 is 47.0. The van der Waals surface area contributed by atoms with E-state index in [0.717, 1.165) is 12.1 Å². The molecule has 0 radical (unpaired) electrons. The maximum atomic E-state index is 13.1. The number of alkyl halides is 3. The van der Waals surface area contributed by atoms with Gasteiger partial charge in [0.25, 0.3) is 0 Å². The van der Waals surface area contributed by atoms with Crippen LogP contribution in [0.5, 0.6) is 0 Å². The predicted octanol–water partition coefficient (Wildman–Crippen LogP) is 3.28. The van der Waals surface area contributed by atoms with Crippen LogP contribution in [-0.2, 0) is 23.6 Å². The molecular formula is C17H22F3N3O. The number of likely N-dealkylation sites (N-methyl/N-ethyl adjacent to an activating group) is 1. The average molecular weight is 341 g/mol. The van der Waals surface area contributed by atoms with Crippen LogP contribution in [-0.4, -0.2) is 41.7 Å². The quantitative estimate of drug-likeness (QED) is 0.808. The van der Waals surface area contributed by atoms with Gasteiger partial charge in [0, 0.05) is 26.0 Å². The lowest BCUT2D eigenvalue weighted by Gasteiger charge is -2.31. The summed E-state index contributed by atoms with van der Waals surface area (Å²) >= 11 is 0. The smallest absolute Gasteiger partial charge is 0.361 e. The number of halogens is 3. The van der Waals surface area contributed by atoms with Crippen molar-refractivity contribution in [1.29, 1.82) is 0 Å². The van der Waals surface area contributed by atoms with E-state index < -0.39 is 17.3 Å². The van der Waals surface area contributed by atoms with Crippen LogP contribution in [0.2, 0.25) is 0 Å². The molecule has 0 aliphatic carbocycles. The first-order valence-electron chi connectivity index (χ1n) is 7.59. The Labute approximate surface area is 139 Å². The molecule has 1 unspecified atom stereocenters. The van der Waals surface area contributed by atoms with Crippen molar-refractivity contribution in [3.63, 3.8) is 0 Å². The Morgan fingerprint density at radius 2 is 1.88 bits per heavy atom. The predicted molar refractivity (Wildman–Crippen MR) is 85.6 cm³/mol. The summed E-state index contributed by atoms with van der Waals surface area (Å²) in [6, 6.07) is 5.22. The molecule has 0 saturated heterocycles. The fraction of sp³-hybridized carbons (Fsp3) is 0.471. The average Bonchev–Trinajstić information content (AvgIpc) is 2.93. The molecule has 2 rings (SSSR count). The number of ether oxygens (including phenoxy) is 1. The van der Waals surface area contributed by atoms with Crippen molar-refractivity contribution in [3.8, 4) is 0 Å². The molecule has 1 atom stereocenters. The molecule has 132 valence electrons. The summed E-state index contributed by atoms with van der Waals surface area (Å²) in [5, 5.41) is 0. The van der Waals surface area contributed by atoms with Crippen molar-refractivity contribution in [3.05, 3.63) is 53.6 Å². The molecule has 0 bridgehead atoms. The molecule has 0 amide bonds. The summed E-state index contributed by atoms with van der Waals surface area (Å²) in [4.78, 5) is 6.25. The highest BCUT2D eigenvalue weighted by Gasteiger charge is 2.37. The largest absolute Gasteiger partial charge is 0.416 e. The molecule has 7 heteroatoms. The molecule has 0 N–H and O–H groups in total. The summed E-state index contributed by atoms with van der Waals surface area (Å²) in [6.45, 7) is 2.77. The van der Waals surface area contributed by atoms with Gasteiger partial charge in [-0.25, -0.2) is 4.98 Å². The maximum absolute atomic E-state index is 13.1. The van der Waals surface area contributed by atoms with Crippen LogP contribution >= 0.6 is 0 Å². The van der Waals surface area contributed by atoms with Gasteiger partial charge in [0.15, 0.2) is 0 Å². The number of benzene rings is 1. The zero-order valence-corrected chi connectivity index (χ0v) is 14.3. The molecule has 1 aromatic heterocycles. The standard InChI is InChI=1S/C17H22F3N3O/c1-16(24-11-10-22(2)3,15-21-8-9-23(15)4)13-6-5-7-14(12-13)17(18,19)20/h5-9,12H,10-11H2,1-4H3. The second kappa shape index (κ2) is 6.94. The summed E-state index contributed by atoms with van der Waals surface area (Å²) in [7, 11) is 5.61. The Morgan fingerprint density at radius 1 is 1.21 bits per heavy atom. The van der Waals surface area contributed by atoms with E-state index in [2.05, 4.69) is 4.98 Å². The minimum atomic E-state index is -4.40. The molecule has 0 aliphatic rings. The molecule has 0 saturated carbocycles. The second-order valence-electron chi connectivity index (χ2n) is 6.13. The third-order valence-electron chi connectivity index (χ3n) is 3.92. The lowest BCUT2D eigenvalue weighted by molar-refractivity contribution is -0.137. The summed E-state index contributed by atoms with van der Waals surface area (Å²) in [6.07, 6.45) is -1.05. The number of rotatable bonds is 6. The van der Waals surface area contributed by atoms with Crippen molar-refractivity contribution < 1.29 is 17.9 Å². The lowest BCUT2D eigenvalue weighted by atomic mass is 9.93. The van der Waals surface area contributed by atoms with Crippen molar-refractivity contribution in [2.75, 3.05) is 27.2 Å². The monoisotopic (exact) mass is 341 g/mol. The SMILES string of the molecule is CN(C)CCOC(C)(c1cccc(C(F)(F)F)c1)c1nccn1C. The molecule has 24 heavy (non-hydrogen) atoms. The van der Waals surface area contributed by atoms with Crippen LogP contribution in [0, 0.1) is 0 Å². The molecule has 2 aromatic rings. The van der Waals surface area contributed by atoms with E-state index in [9.17, 15) is 13.2 Å². The highest BCUT2D eigenvalue weighted by atomic mass is 19.4. The van der Waals surface area contributed by atoms with E-state index in [1.165, 1.54) is 6.07 Å². The Kier molecular flexibility index (Phi) is 5.35. The third kappa shape index (κ3) is 3.96. The highest BCUT2D eigenvalue weighted by Crippen LogP contribution is 2.36. The van der Waals surface area contributed by atoms with E-state index in [1.807, 2.05) is 19.0 Å². The first-order chi connectivity index (χ1) is 11.1. The van der Waals surface area contributed by atoms with E-state index in [1.54, 1.807) is 37.0 Å². The van der Waals surface area contributed by atoms with E-state index >= 15 is 0 Å². The number of nitrogens with zero attached hydrogens (tertiary/aromatic N) is 3. The first-order valence-corrected chi connectivity index (χ1v) is 7.59. The number of aromatic nitrogens is 2. The van der Waals surface area contributed by atoms with Gasteiger partial charge in [-0.2, -0.15) is 13.2 Å². The highest BCUT2D eigenvalue weighted by molar-refractivity contribution is 5.34. The van der Waals surface area contributed by atoms with Crippen molar-refractivity contribution >= 4 is 0 Å². The number of hydrogen-bond donors (Lipinski definition) is 0. The zero-order valence-electron chi connectivity index (χ0n) is 14.3. The van der Waals surface area contributed by atoms with Crippen LogP contribution in [0.15, 0.2) is 36.7 Å². The molecule has 0 fully saturated rings. The molecule has 0 spiro atoms. The fourth-order valence-electron chi connectivity index (χ4n) is 2.53. The minimum Gasteiger partial charge on any atom is -0.361 e. The normalized spacial score (nSPS) is 14.8. The second-order valence-corrected chi connectivity index (χ2v) is 6.13. The Hall–Kier alpha value is -1.86. The van der Waals surface area contributed by atoms with Crippen molar-refractivity contribution in [1.82, 2.24) is 14.5 Å². The van der Waals surface area contributed by atoms with Crippen molar-refractivity contribution in [2.24, 2.45) is 7.05 Å². The first kappa shape index (κ1) is 18.5. The summed E-state index contributed by atoms with van der Waals surface area (Å²) in [5.74, 6) is 0.556. The Bertz CT molecular complexity index is 682. The van der Waals surface area contributed by atoms with Gasteiger partial charge in [0.2, 0.25) is 0 Å². The number of aryl methyl sites for hydroxylation is 1. The van der Waals surface area contributed by atoms with E-state index in [4.69, 9.17) is 4.74 Å². The Morgan fingerprint density at radius 3 is 2.42 bits per heavy atom. The van der Waals surface area contributed by atoms with Gasteiger partial charge in [-0.1, -0.05) is 12.1 Å². The van der Waals surface area contributed by atoms with Crippen LogP contribution in [0.1, 0.15) is 23.9 Å². The number of hydrogen-bond acceptors (Lipinski definition) is 3. The van der Waals surface area contributed by atoms with Gasteiger partial charge < -0.3 is 14.2 Å². The topological polar surface area (TPSA) is 30.3 Å². The Balaban J connectivity index is 2.45. The van der Waals surface area contributed by atoms with Gasteiger partial charge in [0.05, 0.1) is 12.2 Å². The van der Waals surface area contributed by atoms with Gasteiger partial charge in [-0.05, 0) is 38.7 Å². The van der Waals surface area contributed by atoms with Crippen LogP contribution in [0.3, 0.4) is 0 Å². The van der Waals surface area contributed by atoms with Gasteiger partial charge >= 0.3 is 6.18 Å². The fourth-order valence-corrected chi connectivity index (χ4v) is 2.53. The van der Waals surface area contributed by atoms with Crippen LogP contribution < -0.4 is 0 Å². The zero-order chi connectivity index (χ0) is 18.0. The van der Waals surface area contributed by atoms with Gasteiger partial charge in [-0.15, -0.1) is 0 Å². The molecule has 1 aromatic carbocycles. The van der Waals surface area contributed by atoms with Gasteiger partial charge in [0.1, 0.15) is 11.4 Å². The molecule has 0 aliphatic heterocycles.